The van der Waals surface area contributed by atoms with Crippen molar-refractivity contribution < 1.29 is 4.79 Å². The van der Waals surface area contributed by atoms with Crippen LogP contribution in [0.2, 0.25) is 0 Å². The maximum absolute atomic E-state index is 12.0. The molecule has 0 aliphatic heterocycles. The molecule has 0 bridgehead atoms. The van der Waals surface area contributed by atoms with Gasteiger partial charge in [0.2, 0.25) is 0 Å². The van der Waals surface area contributed by atoms with Crippen LogP contribution >= 0.6 is 11.3 Å². The number of thiazole rings is 1. The number of benzene rings is 1. The summed E-state index contributed by atoms with van der Waals surface area (Å²) in [6, 6.07) is 9.00. The van der Waals surface area contributed by atoms with Gasteiger partial charge in [-0.2, -0.15) is 5.26 Å². The van der Waals surface area contributed by atoms with Crippen molar-refractivity contribution >= 4 is 29.3 Å². The first-order valence-corrected chi connectivity index (χ1v) is 7.58. The first-order chi connectivity index (χ1) is 10.3. The third-order valence-electron chi connectivity index (χ3n) is 3.02. The van der Waals surface area contributed by atoms with Gasteiger partial charge in [-0.15, -0.1) is 11.3 Å². The minimum Gasteiger partial charge on any atom is -0.313 e. The standard InChI is InChI=1S/C17H16N2O2S/c1-17(2,3)14(20)9-15-19-16(21)13(22-15)8-11-4-6-12(10-18)7-5-11/h4-9H,1-3H3,(H,19,21)/b13-8?,15-9-. The molecule has 0 unspecified atom stereocenters. The molecule has 0 aliphatic carbocycles. The average molecular weight is 312 g/mol. The summed E-state index contributed by atoms with van der Waals surface area (Å²) in [5.41, 5.74) is 0.710. The number of rotatable bonds is 2. The van der Waals surface area contributed by atoms with Gasteiger partial charge >= 0.3 is 0 Å². The van der Waals surface area contributed by atoms with E-state index in [2.05, 4.69) is 4.98 Å². The Kier molecular flexibility index (Phi) is 4.43. The number of hydrogen-bond donors (Lipinski definition) is 1. The first kappa shape index (κ1) is 15.9. The van der Waals surface area contributed by atoms with Crippen molar-refractivity contribution in [3.8, 4) is 6.07 Å². The van der Waals surface area contributed by atoms with E-state index in [-0.39, 0.29) is 11.3 Å². The number of nitrogens with zero attached hydrogens (tertiary/aromatic N) is 1. The lowest BCUT2D eigenvalue weighted by molar-refractivity contribution is -0.119. The second-order valence-electron chi connectivity index (χ2n) is 5.92. The summed E-state index contributed by atoms with van der Waals surface area (Å²) in [4.78, 5) is 26.6. The molecular weight excluding hydrogens is 296 g/mol. The molecule has 2 rings (SSSR count). The lowest BCUT2D eigenvalue weighted by atomic mass is 9.91. The van der Waals surface area contributed by atoms with Gasteiger partial charge in [-0.1, -0.05) is 32.9 Å². The number of aromatic nitrogens is 1. The van der Waals surface area contributed by atoms with E-state index in [0.29, 0.717) is 14.8 Å². The third-order valence-corrected chi connectivity index (χ3v) is 3.98. The number of H-pyrrole nitrogens is 1. The van der Waals surface area contributed by atoms with Crippen LogP contribution in [0.3, 0.4) is 0 Å². The van der Waals surface area contributed by atoms with E-state index in [4.69, 9.17) is 5.26 Å². The number of nitrogens with one attached hydrogen (secondary N) is 1. The minimum atomic E-state index is -0.474. The first-order valence-electron chi connectivity index (χ1n) is 6.77. The fourth-order valence-corrected chi connectivity index (χ4v) is 2.55. The summed E-state index contributed by atoms with van der Waals surface area (Å²) in [7, 11) is 0. The highest BCUT2D eigenvalue weighted by Gasteiger charge is 2.18. The van der Waals surface area contributed by atoms with Crippen LogP contribution < -0.4 is 14.8 Å². The highest BCUT2D eigenvalue weighted by Crippen LogP contribution is 2.14. The number of carbonyl (C=O) groups excluding carboxylic acids is 1. The van der Waals surface area contributed by atoms with Crippen molar-refractivity contribution in [2.24, 2.45) is 5.41 Å². The van der Waals surface area contributed by atoms with Gasteiger partial charge in [0.25, 0.3) is 5.56 Å². The van der Waals surface area contributed by atoms with E-state index >= 15 is 0 Å². The molecule has 22 heavy (non-hydrogen) atoms. The Labute approximate surface area is 132 Å². The Morgan fingerprint density at radius 2 is 1.91 bits per heavy atom. The van der Waals surface area contributed by atoms with Gasteiger partial charge < -0.3 is 4.98 Å². The summed E-state index contributed by atoms with van der Waals surface area (Å²) in [5.74, 6) is -0.0325. The Morgan fingerprint density at radius 1 is 1.27 bits per heavy atom. The summed E-state index contributed by atoms with van der Waals surface area (Å²) in [6.07, 6.45) is 3.21. The van der Waals surface area contributed by atoms with Crippen LogP contribution in [0.5, 0.6) is 0 Å². The van der Waals surface area contributed by atoms with Crippen LogP contribution in [-0.4, -0.2) is 10.8 Å². The van der Waals surface area contributed by atoms with Crippen molar-refractivity contribution in [3.63, 3.8) is 0 Å². The number of aromatic amines is 1. The van der Waals surface area contributed by atoms with E-state index < -0.39 is 5.41 Å². The second-order valence-corrected chi connectivity index (χ2v) is 7.01. The van der Waals surface area contributed by atoms with E-state index in [1.807, 2.05) is 26.8 Å². The van der Waals surface area contributed by atoms with Gasteiger partial charge in [0.15, 0.2) is 5.78 Å². The van der Waals surface area contributed by atoms with Crippen molar-refractivity contribution in [3.05, 3.63) is 54.9 Å². The van der Waals surface area contributed by atoms with E-state index in [9.17, 15) is 9.59 Å². The molecule has 0 fully saturated rings. The number of Topliss-reactive ketones (excluding diaryl/α,β-unsaturated/α-hetero) is 1. The number of ketones is 1. The van der Waals surface area contributed by atoms with Crippen molar-refractivity contribution in [1.29, 1.82) is 5.26 Å². The van der Waals surface area contributed by atoms with Crippen LogP contribution in [0.4, 0.5) is 0 Å². The molecular formula is C17H16N2O2S. The second kappa shape index (κ2) is 6.12. The molecule has 5 heteroatoms. The van der Waals surface area contributed by atoms with Gasteiger partial charge in [0.1, 0.15) is 0 Å². The molecule has 1 aromatic carbocycles. The van der Waals surface area contributed by atoms with E-state index in [0.717, 1.165) is 5.56 Å². The van der Waals surface area contributed by atoms with Crippen LogP contribution in [0.25, 0.3) is 12.2 Å². The highest BCUT2D eigenvalue weighted by molar-refractivity contribution is 7.07. The Hall–Kier alpha value is -2.45. The quantitative estimate of drug-likeness (QED) is 0.914. The molecule has 0 saturated carbocycles. The molecule has 0 spiro atoms. The number of carbonyl (C=O) groups is 1. The maximum atomic E-state index is 12.0. The molecule has 4 nitrogen and oxygen atoms in total. The fourth-order valence-electron chi connectivity index (χ4n) is 1.67. The SMILES string of the molecule is CC(C)(C)C(=O)/C=c1/[nH]c(=O)c(=Cc2ccc(C#N)cc2)s1. The van der Waals surface area contributed by atoms with Crippen LogP contribution in [0, 0.1) is 16.7 Å². The lowest BCUT2D eigenvalue weighted by Gasteiger charge is -2.12. The Bertz CT molecular complexity index is 904. The predicted octanol–water partition coefficient (Wildman–Crippen LogP) is 1.53. The zero-order valence-electron chi connectivity index (χ0n) is 12.6. The molecule has 0 aliphatic rings. The average Bonchev–Trinajstić information content (AvgIpc) is 2.78. The monoisotopic (exact) mass is 312 g/mol. The summed E-state index contributed by atoms with van der Waals surface area (Å²) >= 11 is 1.24. The van der Waals surface area contributed by atoms with Gasteiger partial charge in [0, 0.05) is 11.5 Å². The van der Waals surface area contributed by atoms with Crippen LogP contribution in [0.15, 0.2) is 29.1 Å². The Balaban J connectivity index is 2.44. The zero-order valence-corrected chi connectivity index (χ0v) is 13.5. The maximum Gasteiger partial charge on any atom is 0.266 e. The molecule has 2 aromatic rings. The molecule has 112 valence electrons. The summed E-state index contributed by atoms with van der Waals surface area (Å²) in [5, 5.41) is 8.77. The highest BCUT2D eigenvalue weighted by atomic mass is 32.1. The molecule has 0 amide bonds. The van der Waals surface area contributed by atoms with Gasteiger partial charge in [0.05, 0.1) is 20.8 Å². The topological polar surface area (TPSA) is 73.7 Å². The van der Waals surface area contributed by atoms with Gasteiger partial charge in [-0.3, -0.25) is 9.59 Å². The van der Waals surface area contributed by atoms with Gasteiger partial charge in [-0.25, -0.2) is 0 Å². The van der Waals surface area contributed by atoms with Gasteiger partial charge in [-0.05, 0) is 23.8 Å². The molecule has 0 atom stereocenters. The Morgan fingerprint density at radius 3 is 2.45 bits per heavy atom. The third kappa shape index (κ3) is 3.80. The van der Waals surface area contributed by atoms with E-state index in [1.54, 1.807) is 30.3 Å². The predicted molar refractivity (Wildman–Crippen MR) is 87.8 cm³/mol. The zero-order chi connectivity index (χ0) is 16.3. The smallest absolute Gasteiger partial charge is 0.266 e. The molecule has 1 aromatic heterocycles. The number of nitriles is 1. The molecule has 0 saturated heterocycles. The normalized spacial score (nSPS) is 13.2. The number of hydrogen-bond acceptors (Lipinski definition) is 4. The van der Waals surface area contributed by atoms with Crippen molar-refractivity contribution in [2.45, 2.75) is 20.8 Å². The fraction of sp³-hybridized carbons (Fsp3) is 0.235. The summed E-state index contributed by atoms with van der Waals surface area (Å²) in [6.45, 7) is 5.50. The lowest BCUT2D eigenvalue weighted by Crippen LogP contribution is -2.22. The van der Waals surface area contributed by atoms with Crippen molar-refractivity contribution in [1.82, 2.24) is 4.98 Å². The molecule has 1 N–H and O–H groups in total. The van der Waals surface area contributed by atoms with Crippen LogP contribution in [0.1, 0.15) is 31.9 Å². The summed E-state index contributed by atoms with van der Waals surface area (Å²) < 4.78 is 1.07. The molecule has 0 radical (unpaired) electrons. The van der Waals surface area contributed by atoms with Crippen molar-refractivity contribution in [2.75, 3.05) is 0 Å². The minimum absolute atomic E-state index is 0.0325. The van der Waals surface area contributed by atoms with Crippen LogP contribution in [-0.2, 0) is 4.79 Å². The largest absolute Gasteiger partial charge is 0.313 e. The molecule has 1 heterocycles. The van der Waals surface area contributed by atoms with E-state index in [1.165, 1.54) is 17.4 Å².